The summed E-state index contributed by atoms with van der Waals surface area (Å²) in [4.78, 5) is 26.8. The van der Waals surface area contributed by atoms with Gasteiger partial charge in [0.1, 0.15) is 0 Å². The van der Waals surface area contributed by atoms with Crippen LogP contribution >= 0.6 is 11.8 Å². The maximum absolute atomic E-state index is 11.9. The summed E-state index contributed by atoms with van der Waals surface area (Å²) in [6, 6.07) is 2.86. The van der Waals surface area contributed by atoms with E-state index in [1.54, 1.807) is 11.8 Å². The number of carbonyl (C=O) groups is 2. The highest BCUT2D eigenvalue weighted by Crippen LogP contribution is 2.28. The Kier molecular flexibility index (Phi) is 5.44. The molecule has 6 nitrogen and oxygen atoms in total. The van der Waals surface area contributed by atoms with Gasteiger partial charge in [0, 0.05) is 17.5 Å². The Bertz CT molecular complexity index is 524. The second-order valence-corrected chi connectivity index (χ2v) is 6.06. The third-order valence-electron chi connectivity index (χ3n) is 3.57. The maximum Gasteiger partial charge on any atom is 0.335 e. The maximum atomic E-state index is 11.9. The van der Waals surface area contributed by atoms with Crippen molar-refractivity contribution in [2.24, 2.45) is 0 Å². The minimum absolute atomic E-state index is 0.167. The van der Waals surface area contributed by atoms with Gasteiger partial charge in [-0.25, -0.2) is 9.59 Å². The lowest BCUT2D eigenvalue weighted by atomic mass is 10.2. The SMILES string of the molecule is CSC1CCCC1NC(=O)NCc1cc(C(=O)O)ccn1. The van der Waals surface area contributed by atoms with Crippen molar-refractivity contribution < 1.29 is 14.7 Å². The van der Waals surface area contributed by atoms with Gasteiger partial charge in [-0.3, -0.25) is 4.98 Å². The van der Waals surface area contributed by atoms with Crippen LogP contribution in [-0.4, -0.2) is 39.6 Å². The number of rotatable bonds is 5. The van der Waals surface area contributed by atoms with E-state index in [0.717, 1.165) is 19.3 Å². The van der Waals surface area contributed by atoms with Crippen LogP contribution in [0, 0.1) is 0 Å². The molecule has 1 aliphatic carbocycles. The Labute approximate surface area is 127 Å². The van der Waals surface area contributed by atoms with Crippen LogP contribution in [0.4, 0.5) is 4.79 Å². The first-order chi connectivity index (χ1) is 10.1. The monoisotopic (exact) mass is 309 g/mol. The number of aromatic carboxylic acids is 1. The third-order valence-corrected chi connectivity index (χ3v) is 4.74. The summed E-state index contributed by atoms with van der Waals surface area (Å²) in [6.07, 6.45) is 6.77. The predicted molar refractivity (Wildman–Crippen MR) is 81.5 cm³/mol. The molecule has 7 heteroatoms. The molecule has 3 N–H and O–H groups in total. The third kappa shape index (κ3) is 4.35. The summed E-state index contributed by atoms with van der Waals surface area (Å²) >= 11 is 1.78. The highest BCUT2D eigenvalue weighted by molar-refractivity contribution is 7.99. The molecule has 1 aromatic heterocycles. The van der Waals surface area contributed by atoms with Gasteiger partial charge in [-0.05, 0) is 31.2 Å². The second kappa shape index (κ2) is 7.31. The molecule has 1 aromatic rings. The van der Waals surface area contributed by atoms with Gasteiger partial charge >= 0.3 is 12.0 Å². The van der Waals surface area contributed by atoms with E-state index in [0.29, 0.717) is 10.9 Å². The van der Waals surface area contributed by atoms with Gasteiger partial charge in [-0.2, -0.15) is 11.8 Å². The van der Waals surface area contributed by atoms with Gasteiger partial charge in [0.25, 0.3) is 0 Å². The minimum atomic E-state index is -1.00. The number of pyridine rings is 1. The van der Waals surface area contributed by atoms with Gasteiger partial charge < -0.3 is 15.7 Å². The standard InChI is InChI=1S/C14H19N3O3S/c1-21-12-4-2-3-11(12)17-14(20)16-8-10-7-9(13(18)19)5-6-15-10/h5-7,11-12H,2-4,8H2,1H3,(H,18,19)(H2,16,17,20). The van der Waals surface area contributed by atoms with Crippen molar-refractivity contribution in [3.05, 3.63) is 29.6 Å². The first kappa shape index (κ1) is 15.6. The van der Waals surface area contributed by atoms with E-state index in [9.17, 15) is 9.59 Å². The van der Waals surface area contributed by atoms with Crippen molar-refractivity contribution in [2.45, 2.75) is 37.1 Å². The van der Waals surface area contributed by atoms with Crippen molar-refractivity contribution in [1.82, 2.24) is 15.6 Å². The van der Waals surface area contributed by atoms with Crippen LogP contribution < -0.4 is 10.6 Å². The molecule has 1 fully saturated rings. The zero-order chi connectivity index (χ0) is 15.2. The molecule has 0 aliphatic heterocycles. The molecule has 0 saturated heterocycles. The molecule has 2 atom stereocenters. The van der Waals surface area contributed by atoms with Gasteiger partial charge in [-0.15, -0.1) is 0 Å². The minimum Gasteiger partial charge on any atom is -0.478 e. The van der Waals surface area contributed by atoms with E-state index in [1.165, 1.54) is 18.3 Å². The Morgan fingerprint density at radius 2 is 2.29 bits per heavy atom. The van der Waals surface area contributed by atoms with E-state index in [-0.39, 0.29) is 24.2 Å². The number of carboxylic acid groups (broad SMARTS) is 1. The molecule has 21 heavy (non-hydrogen) atoms. The van der Waals surface area contributed by atoms with Crippen molar-refractivity contribution in [3.8, 4) is 0 Å². The van der Waals surface area contributed by atoms with E-state index in [1.807, 2.05) is 0 Å². The fraction of sp³-hybridized carbons (Fsp3) is 0.500. The van der Waals surface area contributed by atoms with Crippen LogP contribution in [-0.2, 0) is 6.54 Å². The van der Waals surface area contributed by atoms with Gasteiger partial charge in [0.15, 0.2) is 0 Å². The molecule has 114 valence electrons. The van der Waals surface area contributed by atoms with E-state index >= 15 is 0 Å². The van der Waals surface area contributed by atoms with Crippen molar-refractivity contribution in [1.29, 1.82) is 0 Å². The molecule has 2 amide bonds. The summed E-state index contributed by atoms with van der Waals surface area (Å²) in [5, 5.41) is 15.1. The summed E-state index contributed by atoms with van der Waals surface area (Å²) < 4.78 is 0. The molecular formula is C14H19N3O3S. The average molecular weight is 309 g/mol. The number of amides is 2. The van der Waals surface area contributed by atoms with Gasteiger partial charge in [-0.1, -0.05) is 6.42 Å². The molecule has 0 aromatic carbocycles. The molecule has 0 spiro atoms. The number of carbonyl (C=O) groups excluding carboxylic acids is 1. The molecule has 0 radical (unpaired) electrons. The molecule has 1 saturated carbocycles. The van der Waals surface area contributed by atoms with Crippen LogP contribution in [0.25, 0.3) is 0 Å². The quantitative estimate of drug-likeness (QED) is 0.772. The fourth-order valence-corrected chi connectivity index (χ4v) is 3.41. The number of carboxylic acids is 1. The number of hydrogen-bond acceptors (Lipinski definition) is 4. The summed E-state index contributed by atoms with van der Waals surface area (Å²) in [7, 11) is 0. The number of thioether (sulfide) groups is 1. The fourth-order valence-electron chi connectivity index (χ4n) is 2.47. The molecule has 2 rings (SSSR count). The molecule has 0 bridgehead atoms. The van der Waals surface area contributed by atoms with Gasteiger partial charge in [0.2, 0.25) is 0 Å². The summed E-state index contributed by atoms with van der Waals surface area (Å²) in [6.45, 7) is 0.212. The Hall–Kier alpha value is -1.76. The lowest BCUT2D eigenvalue weighted by molar-refractivity contribution is 0.0696. The van der Waals surface area contributed by atoms with Crippen LogP contribution in [0.2, 0.25) is 0 Å². The lowest BCUT2D eigenvalue weighted by Gasteiger charge is -2.19. The normalized spacial score (nSPS) is 21.0. The highest BCUT2D eigenvalue weighted by atomic mass is 32.2. The summed E-state index contributed by atoms with van der Waals surface area (Å²) in [5.74, 6) is -1.00. The highest BCUT2D eigenvalue weighted by Gasteiger charge is 2.27. The Balaban J connectivity index is 1.84. The van der Waals surface area contributed by atoms with Crippen LogP contribution in [0.5, 0.6) is 0 Å². The smallest absolute Gasteiger partial charge is 0.335 e. The van der Waals surface area contributed by atoms with E-state index in [2.05, 4.69) is 21.9 Å². The van der Waals surface area contributed by atoms with Gasteiger partial charge in [0.05, 0.1) is 17.8 Å². The summed E-state index contributed by atoms with van der Waals surface area (Å²) in [5.41, 5.74) is 0.693. The van der Waals surface area contributed by atoms with Crippen LogP contribution in [0.15, 0.2) is 18.3 Å². The van der Waals surface area contributed by atoms with E-state index < -0.39 is 5.97 Å². The van der Waals surface area contributed by atoms with Crippen LogP contribution in [0.1, 0.15) is 35.3 Å². The topological polar surface area (TPSA) is 91.3 Å². The van der Waals surface area contributed by atoms with E-state index in [4.69, 9.17) is 5.11 Å². The second-order valence-electron chi connectivity index (χ2n) is 4.98. The first-order valence-electron chi connectivity index (χ1n) is 6.85. The van der Waals surface area contributed by atoms with Crippen molar-refractivity contribution >= 4 is 23.8 Å². The number of nitrogens with one attached hydrogen (secondary N) is 2. The zero-order valence-electron chi connectivity index (χ0n) is 11.8. The lowest BCUT2D eigenvalue weighted by Crippen LogP contribution is -2.44. The van der Waals surface area contributed by atoms with Crippen molar-refractivity contribution in [3.63, 3.8) is 0 Å². The molecule has 2 unspecified atom stereocenters. The number of urea groups is 1. The molecular weight excluding hydrogens is 290 g/mol. The largest absolute Gasteiger partial charge is 0.478 e. The number of hydrogen-bond donors (Lipinski definition) is 3. The predicted octanol–water partition coefficient (Wildman–Crippen LogP) is 1.86. The Morgan fingerprint density at radius 1 is 1.48 bits per heavy atom. The average Bonchev–Trinajstić information content (AvgIpc) is 2.92. The number of nitrogens with zero attached hydrogens (tertiary/aromatic N) is 1. The zero-order valence-corrected chi connectivity index (χ0v) is 12.7. The molecule has 1 heterocycles. The first-order valence-corrected chi connectivity index (χ1v) is 8.14. The number of aromatic nitrogens is 1. The van der Waals surface area contributed by atoms with Crippen LogP contribution in [0.3, 0.4) is 0 Å². The van der Waals surface area contributed by atoms with Crippen molar-refractivity contribution in [2.75, 3.05) is 6.26 Å². The molecule has 1 aliphatic rings. The Morgan fingerprint density at radius 3 is 3.00 bits per heavy atom.